The molecule has 1 aromatic heterocycles. The van der Waals surface area contributed by atoms with E-state index in [1.807, 2.05) is 16.7 Å². The number of carbonyl (C=O) groups is 2. The van der Waals surface area contributed by atoms with E-state index in [4.69, 9.17) is 4.98 Å². The number of aryl methyl sites for hydroxylation is 1. The monoisotopic (exact) mass is 358 g/mol. The van der Waals surface area contributed by atoms with Crippen molar-refractivity contribution >= 4 is 17.6 Å². The molecule has 8 nitrogen and oxygen atoms in total. The van der Waals surface area contributed by atoms with E-state index < -0.39 is 0 Å². The van der Waals surface area contributed by atoms with Gasteiger partial charge < -0.3 is 15.1 Å². The average molecular weight is 358 g/mol. The number of nitrogens with zero attached hydrogens (tertiary/aromatic N) is 5. The summed E-state index contributed by atoms with van der Waals surface area (Å²) in [5.74, 6) is 1.91. The summed E-state index contributed by atoms with van der Waals surface area (Å²) in [6.07, 6.45) is 3.23. The smallest absolute Gasteiger partial charge is 0.237 e. The number of aromatic nitrogens is 2. The van der Waals surface area contributed by atoms with Crippen molar-refractivity contribution < 1.29 is 9.59 Å². The summed E-state index contributed by atoms with van der Waals surface area (Å²) >= 11 is 0. The Morgan fingerprint density at radius 1 is 1.12 bits per heavy atom. The number of piperazine rings is 1. The summed E-state index contributed by atoms with van der Waals surface area (Å²) in [7, 11) is 0. The molecule has 0 radical (unpaired) electrons. The minimum atomic E-state index is -0.00772. The fourth-order valence-corrected chi connectivity index (χ4v) is 4.05. The van der Waals surface area contributed by atoms with Crippen LogP contribution < -0.4 is 10.2 Å². The third kappa shape index (κ3) is 3.51. The zero-order chi connectivity index (χ0) is 18.1. The molecule has 2 saturated heterocycles. The molecule has 0 unspecified atom stereocenters. The fourth-order valence-electron chi connectivity index (χ4n) is 4.05. The van der Waals surface area contributed by atoms with Gasteiger partial charge in [0.2, 0.25) is 11.8 Å². The highest BCUT2D eigenvalue weighted by atomic mass is 16.2. The van der Waals surface area contributed by atoms with E-state index in [0.29, 0.717) is 32.7 Å². The first-order chi connectivity index (χ1) is 12.6. The third-order valence-electron chi connectivity index (χ3n) is 5.39. The zero-order valence-electron chi connectivity index (χ0n) is 15.3. The Morgan fingerprint density at radius 2 is 1.92 bits per heavy atom. The molecule has 0 aliphatic carbocycles. The molecule has 140 valence electrons. The lowest BCUT2D eigenvalue weighted by atomic mass is 10.0. The van der Waals surface area contributed by atoms with Crippen LogP contribution in [0.2, 0.25) is 0 Å². The number of hydrogen-bond acceptors (Lipinski definition) is 6. The number of rotatable bonds is 3. The second kappa shape index (κ2) is 7.19. The first kappa shape index (κ1) is 17.2. The van der Waals surface area contributed by atoms with Gasteiger partial charge in [-0.05, 0) is 26.2 Å². The van der Waals surface area contributed by atoms with Crippen LogP contribution in [0.5, 0.6) is 0 Å². The van der Waals surface area contributed by atoms with Crippen LogP contribution in [0.4, 0.5) is 5.82 Å². The van der Waals surface area contributed by atoms with Crippen molar-refractivity contribution in [1.29, 1.82) is 0 Å². The van der Waals surface area contributed by atoms with Crippen molar-refractivity contribution in [2.75, 3.05) is 50.7 Å². The Hall–Kier alpha value is -2.22. The van der Waals surface area contributed by atoms with Crippen LogP contribution in [0.1, 0.15) is 29.9 Å². The molecule has 1 aromatic rings. The number of anilines is 1. The quantitative estimate of drug-likeness (QED) is 0.799. The van der Waals surface area contributed by atoms with Gasteiger partial charge in [0.25, 0.3) is 0 Å². The van der Waals surface area contributed by atoms with Gasteiger partial charge in [0.1, 0.15) is 11.6 Å². The van der Waals surface area contributed by atoms with Crippen LogP contribution >= 0.6 is 0 Å². The van der Waals surface area contributed by atoms with E-state index in [1.54, 1.807) is 0 Å². The molecule has 2 fully saturated rings. The summed E-state index contributed by atoms with van der Waals surface area (Å²) in [5.41, 5.74) is 2.19. The van der Waals surface area contributed by atoms with E-state index in [2.05, 4.69) is 15.2 Å². The minimum Gasteiger partial charge on any atom is -0.356 e. The van der Waals surface area contributed by atoms with Gasteiger partial charge in [0, 0.05) is 38.3 Å². The molecule has 8 heteroatoms. The van der Waals surface area contributed by atoms with Gasteiger partial charge in [-0.25, -0.2) is 9.97 Å². The molecular weight excluding hydrogens is 332 g/mol. The third-order valence-corrected chi connectivity index (χ3v) is 5.39. The SMILES string of the molecule is Cc1nc2c(c(N3CCCC3)n1)CCN(C(=O)CN1CCNC(=O)C1)C2. The van der Waals surface area contributed by atoms with Crippen molar-refractivity contribution in [3.63, 3.8) is 0 Å². The molecule has 2 amide bonds. The average Bonchev–Trinajstić information content (AvgIpc) is 3.15. The number of fused-ring (bicyclic) bond motifs is 1. The first-order valence-electron chi connectivity index (χ1n) is 9.48. The number of nitrogens with one attached hydrogen (secondary N) is 1. The summed E-state index contributed by atoms with van der Waals surface area (Å²) in [4.78, 5) is 39.7. The number of hydrogen-bond donors (Lipinski definition) is 1. The standard InChI is InChI=1S/C18H26N6O2/c1-13-20-15-10-24(17(26)12-22-9-5-19-16(25)11-22)8-4-14(15)18(21-13)23-6-2-3-7-23/h2-12H2,1H3,(H,19,25). The number of carbonyl (C=O) groups excluding carboxylic acids is 2. The Morgan fingerprint density at radius 3 is 2.69 bits per heavy atom. The molecule has 3 aliphatic heterocycles. The second-order valence-electron chi connectivity index (χ2n) is 7.34. The molecular formula is C18H26N6O2. The molecule has 3 aliphatic rings. The van der Waals surface area contributed by atoms with Gasteiger partial charge in [0.15, 0.2) is 0 Å². The molecule has 0 aromatic carbocycles. The van der Waals surface area contributed by atoms with Crippen molar-refractivity contribution in [2.45, 2.75) is 32.7 Å². The summed E-state index contributed by atoms with van der Waals surface area (Å²) in [6, 6.07) is 0. The van der Waals surface area contributed by atoms with Crippen molar-refractivity contribution in [2.24, 2.45) is 0 Å². The Bertz CT molecular complexity index is 716. The molecule has 1 N–H and O–H groups in total. The van der Waals surface area contributed by atoms with Crippen LogP contribution in [-0.2, 0) is 22.6 Å². The van der Waals surface area contributed by atoms with Crippen molar-refractivity contribution in [3.8, 4) is 0 Å². The minimum absolute atomic E-state index is 0.00772. The topological polar surface area (TPSA) is 81.7 Å². The lowest BCUT2D eigenvalue weighted by Crippen LogP contribution is -2.51. The van der Waals surface area contributed by atoms with Crippen molar-refractivity contribution in [1.82, 2.24) is 25.1 Å². The maximum absolute atomic E-state index is 12.7. The van der Waals surface area contributed by atoms with Crippen molar-refractivity contribution in [3.05, 3.63) is 17.1 Å². The van der Waals surface area contributed by atoms with Gasteiger partial charge >= 0.3 is 0 Å². The largest absolute Gasteiger partial charge is 0.356 e. The normalized spacial score (nSPS) is 20.9. The van der Waals surface area contributed by atoms with E-state index in [1.165, 1.54) is 18.4 Å². The predicted molar refractivity (Wildman–Crippen MR) is 96.8 cm³/mol. The van der Waals surface area contributed by atoms with Gasteiger partial charge in [-0.15, -0.1) is 0 Å². The van der Waals surface area contributed by atoms with Crippen LogP contribution in [0.25, 0.3) is 0 Å². The van der Waals surface area contributed by atoms with Gasteiger partial charge in [0.05, 0.1) is 25.3 Å². The maximum Gasteiger partial charge on any atom is 0.237 e. The van der Waals surface area contributed by atoms with E-state index >= 15 is 0 Å². The lowest BCUT2D eigenvalue weighted by molar-refractivity contribution is -0.134. The highest BCUT2D eigenvalue weighted by Gasteiger charge is 2.29. The summed E-state index contributed by atoms with van der Waals surface area (Å²) in [6.45, 7) is 7.21. The van der Waals surface area contributed by atoms with Gasteiger partial charge in [-0.1, -0.05) is 0 Å². The Labute approximate surface area is 153 Å². The van der Waals surface area contributed by atoms with Crippen LogP contribution in [0, 0.1) is 6.92 Å². The molecule has 0 bridgehead atoms. The molecule has 4 rings (SSSR count). The highest BCUT2D eigenvalue weighted by molar-refractivity contribution is 5.82. The summed E-state index contributed by atoms with van der Waals surface area (Å²) < 4.78 is 0. The highest BCUT2D eigenvalue weighted by Crippen LogP contribution is 2.28. The van der Waals surface area contributed by atoms with E-state index in [9.17, 15) is 9.59 Å². The van der Waals surface area contributed by atoms with Crippen LogP contribution in [-0.4, -0.2) is 77.4 Å². The first-order valence-corrected chi connectivity index (χ1v) is 9.48. The van der Waals surface area contributed by atoms with Crippen LogP contribution in [0.15, 0.2) is 0 Å². The van der Waals surface area contributed by atoms with E-state index in [-0.39, 0.29) is 11.8 Å². The Balaban J connectivity index is 1.47. The van der Waals surface area contributed by atoms with Gasteiger partial charge in [-0.3, -0.25) is 14.5 Å². The molecule has 0 atom stereocenters. The lowest BCUT2D eigenvalue weighted by Gasteiger charge is -2.33. The van der Waals surface area contributed by atoms with Crippen LogP contribution in [0.3, 0.4) is 0 Å². The van der Waals surface area contributed by atoms with E-state index in [0.717, 1.165) is 43.4 Å². The Kier molecular flexibility index (Phi) is 4.76. The molecule has 26 heavy (non-hydrogen) atoms. The molecule has 0 saturated carbocycles. The van der Waals surface area contributed by atoms with Gasteiger partial charge in [-0.2, -0.15) is 0 Å². The summed E-state index contributed by atoms with van der Waals surface area (Å²) in [5, 5.41) is 2.79. The fraction of sp³-hybridized carbons (Fsp3) is 0.667. The second-order valence-corrected chi connectivity index (χ2v) is 7.34. The zero-order valence-corrected chi connectivity index (χ0v) is 15.3. The molecule has 4 heterocycles. The molecule has 0 spiro atoms. The maximum atomic E-state index is 12.7. The predicted octanol–water partition coefficient (Wildman–Crippen LogP) is -0.298. The number of amides is 2.